The number of rotatable bonds is 6. The zero-order valence-corrected chi connectivity index (χ0v) is 30.4. The van der Waals surface area contributed by atoms with E-state index in [1.165, 1.54) is 85.7 Å². The molecule has 0 saturated carbocycles. The molecule has 2 bridgehead atoms. The Kier molecular flexibility index (Phi) is 8.03. The number of fused-ring (bicyclic) bond motifs is 8. The van der Waals surface area contributed by atoms with Crippen molar-refractivity contribution in [2.75, 3.05) is 0 Å². The average Bonchev–Trinajstić information content (AvgIpc) is 3.53. The highest BCUT2D eigenvalue weighted by atomic mass is 15.0. The molecule has 2 aromatic heterocycles. The van der Waals surface area contributed by atoms with E-state index in [4.69, 9.17) is 0 Å². The highest BCUT2D eigenvalue weighted by Crippen LogP contribution is 2.46. The first-order valence-corrected chi connectivity index (χ1v) is 20.2. The molecule has 0 amide bonds. The lowest BCUT2D eigenvalue weighted by Gasteiger charge is -2.33. The molecule has 0 radical (unpaired) electrons. The first-order chi connectivity index (χ1) is 25.2. The van der Waals surface area contributed by atoms with E-state index >= 15 is 0 Å². The number of para-hydroxylation sites is 1. The van der Waals surface area contributed by atoms with Crippen LogP contribution >= 0.6 is 0 Å². The van der Waals surface area contributed by atoms with E-state index in [2.05, 4.69) is 125 Å². The van der Waals surface area contributed by atoms with Crippen LogP contribution in [-0.4, -0.2) is 9.13 Å². The molecule has 7 aliphatic rings. The molecule has 3 aromatic rings. The van der Waals surface area contributed by atoms with Gasteiger partial charge in [-0.1, -0.05) is 121 Å². The van der Waals surface area contributed by atoms with Crippen LogP contribution in [0.3, 0.4) is 0 Å². The fourth-order valence-electron chi connectivity index (χ4n) is 11.0. The van der Waals surface area contributed by atoms with Gasteiger partial charge in [-0.3, -0.25) is 0 Å². The Morgan fingerprint density at radius 2 is 1.80 bits per heavy atom. The van der Waals surface area contributed by atoms with E-state index in [0.717, 1.165) is 19.4 Å². The summed E-state index contributed by atoms with van der Waals surface area (Å²) in [6.45, 7) is 3.43. The van der Waals surface area contributed by atoms with Gasteiger partial charge in [-0.25, -0.2) is 0 Å². The van der Waals surface area contributed by atoms with E-state index in [1.807, 2.05) is 0 Å². The molecule has 2 nitrogen and oxygen atoms in total. The third-order valence-electron chi connectivity index (χ3n) is 13.4. The smallest absolute Gasteiger partial charge is 0.0557 e. The fourth-order valence-corrected chi connectivity index (χ4v) is 11.0. The van der Waals surface area contributed by atoms with E-state index in [1.54, 1.807) is 44.8 Å². The topological polar surface area (TPSA) is 9.86 Å². The summed E-state index contributed by atoms with van der Waals surface area (Å²) in [6.07, 6.45) is 48.7. The second kappa shape index (κ2) is 13.0. The molecule has 2 heteroatoms. The van der Waals surface area contributed by atoms with Crippen molar-refractivity contribution in [2.24, 2.45) is 23.7 Å². The van der Waals surface area contributed by atoms with Crippen LogP contribution in [0.15, 0.2) is 113 Å². The van der Waals surface area contributed by atoms with Gasteiger partial charge in [0.05, 0.1) is 6.04 Å². The largest absolute Gasteiger partial charge is 0.341 e. The minimum absolute atomic E-state index is 0.458. The lowest BCUT2D eigenvalue weighted by atomic mass is 9.75. The fraction of sp³-hybridized carbons (Fsp3) is 0.388. The molecule has 5 unspecified atom stereocenters. The maximum atomic E-state index is 2.87. The number of aromatic nitrogens is 2. The summed E-state index contributed by atoms with van der Waals surface area (Å²) in [5.74, 6) is 2.34. The molecule has 0 N–H and O–H groups in total. The Balaban J connectivity index is 0.966. The van der Waals surface area contributed by atoms with Crippen molar-refractivity contribution in [3.8, 4) is 0 Å². The predicted octanol–water partition coefficient (Wildman–Crippen LogP) is 10.4. The Morgan fingerprint density at radius 3 is 2.75 bits per heavy atom. The normalized spacial score (nSPS) is 27.7. The van der Waals surface area contributed by atoms with Gasteiger partial charge >= 0.3 is 0 Å². The van der Waals surface area contributed by atoms with E-state index in [-0.39, 0.29) is 0 Å². The molecule has 10 rings (SSSR count). The SMILES string of the molecule is CC1C=c2c(c3ccccc3n2CC=CCC2=CC=CCC2)=CC1C1CCCc2c(c3c(n2C2C=CC4=C(CC5C=CCC4=C5)C2)CCC=C3)C1. The van der Waals surface area contributed by atoms with Gasteiger partial charge in [0.2, 0.25) is 0 Å². The Labute approximate surface area is 304 Å². The highest BCUT2D eigenvalue weighted by Gasteiger charge is 2.35. The standard InChI is InChI=1S/C49H52N2/c1-33-27-49-45(41-19-5-7-21-46(41)50(49)26-10-9-15-34-13-3-2-4-14-34)32-43(33)37-18-12-23-48-44(31-37)42-20-6-8-22-47(42)51(48)39-24-25-40-36-17-11-16-35(28-36)29-38(40)30-39/h2-3,5-7,9-11,13,16,19-21,24-25,27-28,32-33,35,37,39,43H,4,8,12,14-15,17-18,22-23,26,29-31H2,1H3. The van der Waals surface area contributed by atoms with Crippen molar-refractivity contribution < 1.29 is 0 Å². The minimum atomic E-state index is 0.458. The molecule has 51 heavy (non-hydrogen) atoms. The number of hydrogen-bond donors (Lipinski definition) is 0. The van der Waals surface area contributed by atoms with E-state index in [9.17, 15) is 0 Å². The van der Waals surface area contributed by atoms with Crippen LogP contribution in [0.25, 0.3) is 29.1 Å². The van der Waals surface area contributed by atoms with Crippen molar-refractivity contribution in [1.29, 1.82) is 0 Å². The van der Waals surface area contributed by atoms with Crippen LogP contribution in [0.2, 0.25) is 0 Å². The number of allylic oxidation sites excluding steroid dienone is 15. The van der Waals surface area contributed by atoms with Crippen LogP contribution in [0.4, 0.5) is 0 Å². The predicted molar refractivity (Wildman–Crippen MR) is 215 cm³/mol. The lowest BCUT2D eigenvalue weighted by Crippen LogP contribution is -2.37. The summed E-state index contributed by atoms with van der Waals surface area (Å²) in [6, 6.07) is 9.61. The molecular formula is C49H52N2. The van der Waals surface area contributed by atoms with Crippen LogP contribution < -0.4 is 10.6 Å². The monoisotopic (exact) mass is 668 g/mol. The van der Waals surface area contributed by atoms with Crippen molar-refractivity contribution in [3.63, 3.8) is 0 Å². The third kappa shape index (κ3) is 5.52. The molecule has 5 atom stereocenters. The molecule has 0 saturated heterocycles. The highest BCUT2D eigenvalue weighted by molar-refractivity contribution is 5.83. The van der Waals surface area contributed by atoms with Crippen LogP contribution in [0, 0.1) is 23.7 Å². The van der Waals surface area contributed by atoms with Gasteiger partial charge < -0.3 is 9.13 Å². The zero-order valence-electron chi connectivity index (χ0n) is 30.4. The van der Waals surface area contributed by atoms with Gasteiger partial charge in [-0.2, -0.15) is 0 Å². The summed E-state index contributed by atoms with van der Waals surface area (Å²) < 4.78 is 5.45. The number of nitrogens with zero attached hydrogens (tertiary/aromatic N) is 2. The van der Waals surface area contributed by atoms with Crippen LogP contribution in [-0.2, 0) is 25.8 Å². The molecule has 0 aliphatic heterocycles. The van der Waals surface area contributed by atoms with Crippen molar-refractivity contribution in [3.05, 3.63) is 146 Å². The van der Waals surface area contributed by atoms with Crippen molar-refractivity contribution in [1.82, 2.24) is 9.13 Å². The van der Waals surface area contributed by atoms with Gasteiger partial charge in [-0.05, 0) is 129 Å². The van der Waals surface area contributed by atoms with E-state index < -0.39 is 0 Å². The molecule has 1 aromatic carbocycles. The summed E-state index contributed by atoms with van der Waals surface area (Å²) in [5.41, 5.74) is 14.3. The van der Waals surface area contributed by atoms with Crippen molar-refractivity contribution >= 4 is 29.1 Å². The zero-order chi connectivity index (χ0) is 33.9. The van der Waals surface area contributed by atoms with Crippen LogP contribution in [0.1, 0.15) is 93.3 Å². The maximum absolute atomic E-state index is 2.87. The lowest BCUT2D eigenvalue weighted by molar-refractivity contribution is 0.335. The van der Waals surface area contributed by atoms with Crippen molar-refractivity contribution in [2.45, 2.75) is 96.6 Å². The first-order valence-electron chi connectivity index (χ1n) is 20.2. The third-order valence-corrected chi connectivity index (χ3v) is 13.4. The molecule has 0 fully saturated rings. The van der Waals surface area contributed by atoms with Gasteiger partial charge in [-0.15, -0.1) is 0 Å². The Morgan fingerprint density at radius 1 is 0.863 bits per heavy atom. The van der Waals surface area contributed by atoms with Crippen LogP contribution in [0.5, 0.6) is 0 Å². The Bertz CT molecular complexity index is 2280. The number of benzene rings is 1. The molecule has 258 valence electrons. The molecule has 2 heterocycles. The molecule has 0 spiro atoms. The van der Waals surface area contributed by atoms with Gasteiger partial charge in [0.1, 0.15) is 0 Å². The Hall–Kier alpha value is -4.30. The average molecular weight is 669 g/mol. The molecule has 7 aliphatic carbocycles. The quantitative estimate of drug-likeness (QED) is 0.183. The molecular weight excluding hydrogens is 617 g/mol. The van der Waals surface area contributed by atoms with Gasteiger partial charge in [0.15, 0.2) is 0 Å². The second-order valence-electron chi connectivity index (χ2n) is 16.5. The summed E-state index contributed by atoms with van der Waals surface area (Å²) in [7, 11) is 0. The van der Waals surface area contributed by atoms with Gasteiger partial charge in [0.25, 0.3) is 0 Å². The first kappa shape index (κ1) is 31.4. The minimum Gasteiger partial charge on any atom is -0.341 e. The van der Waals surface area contributed by atoms with E-state index in [0.29, 0.717) is 29.7 Å². The second-order valence-corrected chi connectivity index (χ2v) is 16.5. The maximum Gasteiger partial charge on any atom is 0.0557 e. The van der Waals surface area contributed by atoms with Gasteiger partial charge in [0, 0.05) is 39.4 Å². The number of hydrogen-bond acceptors (Lipinski definition) is 0. The summed E-state index contributed by atoms with van der Waals surface area (Å²) >= 11 is 0. The summed E-state index contributed by atoms with van der Waals surface area (Å²) in [5, 5.41) is 4.33. The summed E-state index contributed by atoms with van der Waals surface area (Å²) in [4.78, 5) is 0.